The molecule has 0 aliphatic rings. The lowest BCUT2D eigenvalue weighted by Gasteiger charge is -2.16. The van der Waals surface area contributed by atoms with Crippen LogP contribution in [0.3, 0.4) is 0 Å². The molecule has 0 aromatic carbocycles. The Balaban J connectivity index is 3.09. The van der Waals surface area contributed by atoms with Gasteiger partial charge in [-0.1, -0.05) is 13.8 Å². The first kappa shape index (κ1) is 10.7. The molecule has 0 aromatic heterocycles. The summed E-state index contributed by atoms with van der Waals surface area (Å²) in [5.74, 6) is 0. The second-order valence-electron chi connectivity index (χ2n) is 2.26. The van der Waals surface area contributed by atoms with Crippen LogP contribution in [0.25, 0.3) is 0 Å². The molecule has 0 aromatic rings. The fraction of sp³-hybridized carbons (Fsp3) is 1.00. The van der Waals surface area contributed by atoms with Gasteiger partial charge in [-0.2, -0.15) is 0 Å². The van der Waals surface area contributed by atoms with Crippen LogP contribution in [0.15, 0.2) is 0 Å². The van der Waals surface area contributed by atoms with Crippen molar-refractivity contribution in [2.24, 2.45) is 0 Å². The minimum Gasteiger partial charge on any atom is -0.304 e. The van der Waals surface area contributed by atoms with Crippen LogP contribution in [0, 0.1) is 0 Å². The van der Waals surface area contributed by atoms with Gasteiger partial charge in [-0.05, 0) is 26.1 Å². The normalized spacial score (nSPS) is 10.8. The average Bonchev–Trinajstić information content (AvgIpc) is 1.99. The summed E-state index contributed by atoms with van der Waals surface area (Å²) in [4.78, 5) is 2.44. The van der Waals surface area contributed by atoms with Gasteiger partial charge in [0, 0.05) is 29.4 Å². The maximum absolute atomic E-state index is 3.11. The molecule has 1 N–H and O–H groups in total. The molecule has 10 heavy (non-hydrogen) atoms. The van der Waals surface area contributed by atoms with E-state index in [0.717, 1.165) is 6.54 Å². The Kier molecular flexibility index (Phi) is 8.26. The fourth-order valence-corrected chi connectivity index (χ4v) is 1.29. The predicted molar refractivity (Wildman–Crippen MR) is 54.4 cm³/mol. The number of nitrogens with one attached hydrogen (secondary N) is 1. The molecule has 0 rings (SSSR count). The smallest absolute Gasteiger partial charge is 0.0169 e. The molecule has 0 atom stereocenters. The first-order valence-electron chi connectivity index (χ1n) is 3.91. The third kappa shape index (κ3) is 5.44. The van der Waals surface area contributed by atoms with Crippen molar-refractivity contribution < 1.29 is 0 Å². The fourth-order valence-electron chi connectivity index (χ4n) is 0.909. The van der Waals surface area contributed by atoms with Gasteiger partial charge in [-0.15, -0.1) is 0 Å². The SMILES string of the molecule is CCN(CC)CCCNI. The van der Waals surface area contributed by atoms with Gasteiger partial charge in [0.05, 0.1) is 0 Å². The quantitative estimate of drug-likeness (QED) is 0.441. The van der Waals surface area contributed by atoms with Crippen LogP contribution in [0.2, 0.25) is 0 Å². The second kappa shape index (κ2) is 7.75. The van der Waals surface area contributed by atoms with Crippen molar-refractivity contribution in [2.45, 2.75) is 20.3 Å². The van der Waals surface area contributed by atoms with E-state index < -0.39 is 0 Å². The van der Waals surface area contributed by atoms with Crippen molar-refractivity contribution in [3.8, 4) is 0 Å². The topological polar surface area (TPSA) is 15.3 Å². The molecule has 0 aliphatic carbocycles. The zero-order chi connectivity index (χ0) is 7.82. The molecule has 0 saturated carbocycles. The van der Waals surface area contributed by atoms with Gasteiger partial charge in [0.25, 0.3) is 0 Å². The van der Waals surface area contributed by atoms with E-state index in [0.29, 0.717) is 0 Å². The number of halogens is 1. The molecule has 0 unspecified atom stereocenters. The zero-order valence-corrected chi connectivity index (χ0v) is 9.02. The molecule has 0 spiro atoms. The molecular weight excluding hydrogens is 239 g/mol. The second-order valence-corrected chi connectivity index (χ2v) is 3.03. The van der Waals surface area contributed by atoms with E-state index in [1.165, 1.54) is 26.1 Å². The van der Waals surface area contributed by atoms with E-state index in [-0.39, 0.29) is 0 Å². The first-order chi connectivity index (χ1) is 4.85. The Labute approximate surface area is 77.9 Å². The Morgan fingerprint density at radius 3 is 2.30 bits per heavy atom. The van der Waals surface area contributed by atoms with Crippen molar-refractivity contribution in [3.63, 3.8) is 0 Å². The van der Waals surface area contributed by atoms with Crippen LogP contribution in [0.1, 0.15) is 20.3 Å². The monoisotopic (exact) mass is 256 g/mol. The van der Waals surface area contributed by atoms with Gasteiger partial charge < -0.3 is 4.90 Å². The molecule has 0 amide bonds. The molecule has 0 fully saturated rings. The van der Waals surface area contributed by atoms with E-state index in [4.69, 9.17) is 0 Å². The first-order valence-corrected chi connectivity index (χ1v) is 4.98. The Morgan fingerprint density at radius 1 is 1.30 bits per heavy atom. The van der Waals surface area contributed by atoms with E-state index >= 15 is 0 Å². The number of nitrogens with zero attached hydrogens (tertiary/aromatic N) is 1. The molecule has 2 nitrogen and oxygen atoms in total. The van der Waals surface area contributed by atoms with E-state index in [9.17, 15) is 0 Å². The van der Waals surface area contributed by atoms with Gasteiger partial charge in [-0.3, -0.25) is 3.53 Å². The third-order valence-corrected chi connectivity index (χ3v) is 2.18. The van der Waals surface area contributed by atoms with Crippen molar-refractivity contribution in [1.82, 2.24) is 8.43 Å². The summed E-state index contributed by atoms with van der Waals surface area (Å²) in [6, 6.07) is 0. The van der Waals surface area contributed by atoms with Crippen molar-refractivity contribution in [1.29, 1.82) is 0 Å². The molecule has 0 bridgehead atoms. The van der Waals surface area contributed by atoms with Crippen LogP contribution < -0.4 is 3.53 Å². The van der Waals surface area contributed by atoms with E-state index in [1.807, 2.05) is 0 Å². The molecule has 62 valence electrons. The lowest BCUT2D eigenvalue weighted by atomic mass is 10.4. The van der Waals surface area contributed by atoms with Gasteiger partial charge in [0.15, 0.2) is 0 Å². The molecule has 0 aliphatic heterocycles. The van der Waals surface area contributed by atoms with Crippen LogP contribution in [-0.4, -0.2) is 31.1 Å². The molecule has 0 saturated heterocycles. The summed E-state index contributed by atoms with van der Waals surface area (Å²) in [6.07, 6.45) is 1.25. The summed E-state index contributed by atoms with van der Waals surface area (Å²) in [5, 5.41) is 0. The van der Waals surface area contributed by atoms with Gasteiger partial charge in [-0.25, -0.2) is 0 Å². The van der Waals surface area contributed by atoms with Crippen LogP contribution in [0.5, 0.6) is 0 Å². The summed E-state index contributed by atoms with van der Waals surface area (Å²) in [7, 11) is 0. The number of hydrogen-bond acceptors (Lipinski definition) is 2. The van der Waals surface area contributed by atoms with Gasteiger partial charge in [0.2, 0.25) is 0 Å². The lowest BCUT2D eigenvalue weighted by molar-refractivity contribution is 0.301. The van der Waals surface area contributed by atoms with Crippen molar-refractivity contribution in [2.75, 3.05) is 26.2 Å². The van der Waals surface area contributed by atoms with Crippen molar-refractivity contribution in [3.05, 3.63) is 0 Å². The summed E-state index contributed by atoms with van der Waals surface area (Å²) >= 11 is 2.19. The standard InChI is InChI=1S/C7H17IN2/c1-3-10(4-2)7-5-6-9-8/h9H,3-7H2,1-2H3. The van der Waals surface area contributed by atoms with Crippen LogP contribution >= 0.6 is 22.9 Å². The number of hydrogen-bond donors (Lipinski definition) is 1. The third-order valence-electron chi connectivity index (χ3n) is 1.64. The number of rotatable bonds is 6. The molecule has 0 radical (unpaired) electrons. The maximum Gasteiger partial charge on any atom is 0.0169 e. The predicted octanol–water partition coefficient (Wildman–Crippen LogP) is 1.66. The summed E-state index contributed by atoms with van der Waals surface area (Å²) < 4.78 is 3.11. The van der Waals surface area contributed by atoms with E-state index in [2.05, 4.69) is 45.1 Å². The van der Waals surface area contributed by atoms with Crippen LogP contribution in [-0.2, 0) is 0 Å². The highest BCUT2D eigenvalue weighted by molar-refractivity contribution is 14.1. The highest BCUT2D eigenvalue weighted by Crippen LogP contribution is 1.89. The van der Waals surface area contributed by atoms with E-state index in [1.54, 1.807) is 0 Å². The lowest BCUT2D eigenvalue weighted by Crippen LogP contribution is -2.25. The average molecular weight is 256 g/mol. The molecule has 0 heterocycles. The Morgan fingerprint density at radius 2 is 1.90 bits per heavy atom. The van der Waals surface area contributed by atoms with Crippen LogP contribution in [0.4, 0.5) is 0 Å². The zero-order valence-electron chi connectivity index (χ0n) is 6.86. The maximum atomic E-state index is 3.11. The highest BCUT2D eigenvalue weighted by Gasteiger charge is 1.95. The molecular formula is C7H17IN2. The van der Waals surface area contributed by atoms with Gasteiger partial charge in [0.1, 0.15) is 0 Å². The van der Waals surface area contributed by atoms with Gasteiger partial charge >= 0.3 is 0 Å². The summed E-state index contributed by atoms with van der Waals surface area (Å²) in [6.45, 7) is 9.12. The minimum atomic E-state index is 1.12. The van der Waals surface area contributed by atoms with Crippen molar-refractivity contribution >= 4 is 22.9 Å². The minimum absolute atomic E-state index is 1.12. The highest BCUT2D eigenvalue weighted by atomic mass is 127. The summed E-state index contributed by atoms with van der Waals surface area (Å²) in [5.41, 5.74) is 0. The Hall–Kier alpha value is 0.650. The molecule has 3 heteroatoms. The Bertz CT molecular complexity index is 64.6. The largest absolute Gasteiger partial charge is 0.304 e.